The SMILES string of the molecule is COc1ccc(Cc2cn3c(n2)CC(O)CC3)cc1. The van der Waals surface area contributed by atoms with Gasteiger partial charge in [-0.25, -0.2) is 4.98 Å². The lowest BCUT2D eigenvalue weighted by Gasteiger charge is -2.18. The summed E-state index contributed by atoms with van der Waals surface area (Å²) in [6.07, 6.45) is 4.18. The van der Waals surface area contributed by atoms with E-state index >= 15 is 0 Å². The fraction of sp³-hybridized carbons (Fsp3) is 0.400. The number of aryl methyl sites for hydroxylation is 1. The van der Waals surface area contributed by atoms with E-state index < -0.39 is 0 Å². The zero-order valence-electron chi connectivity index (χ0n) is 11.0. The highest BCUT2D eigenvalue weighted by Crippen LogP contribution is 2.18. The minimum Gasteiger partial charge on any atom is -0.497 e. The van der Waals surface area contributed by atoms with Crippen LogP contribution in [0.3, 0.4) is 0 Å². The first-order chi connectivity index (χ1) is 9.24. The number of fused-ring (bicyclic) bond motifs is 1. The Labute approximate surface area is 112 Å². The average Bonchev–Trinajstić information content (AvgIpc) is 2.81. The molecule has 0 spiro atoms. The number of nitrogens with zero attached hydrogens (tertiary/aromatic N) is 2. The molecule has 2 heterocycles. The van der Waals surface area contributed by atoms with Crippen molar-refractivity contribution in [3.05, 3.63) is 47.5 Å². The number of hydrogen-bond donors (Lipinski definition) is 1. The van der Waals surface area contributed by atoms with Crippen molar-refractivity contribution in [1.29, 1.82) is 0 Å². The summed E-state index contributed by atoms with van der Waals surface area (Å²) >= 11 is 0. The maximum Gasteiger partial charge on any atom is 0.118 e. The average molecular weight is 258 g/mol. The molecule has 1 aliphatic heterocycles. The van der Waals surface area contributed by atoms with Crippen molar-refractivity contribution in [3.8, 4) is 5.75 Å². The molecule has 1 unspecified atom stereocenters. The van der Waals surface area contributed by atoms with Gasteiger partial charge in [0.05, 0.1) is 18.9 Å². The van der Waals surface area contributed by atoms with Crippen LogP contribution in [0.25, 0.3) is 0 Å². The fourth-order valence-corrected chi connectivity index (χ4v) is 2.51. The fourth-order valence-electron chi connectivity index (χ4n) is 2.51. The molecule has 1 aromatic heterocycles. The van der Waals surface area contributed by atoms with Gasteiger partial charge in [-0.15, -0.1) is 0 Å². The molecule has 0 amide bonds. The third kappa shape index (κ3) is 2.63. The Morgan fingerprint density at radius 2 is 2.16 bits per heavy atom. The van der Waals surface area contributed by atoms with Crippen LogP contribution < -0.4 is 4.74 Å². The first-order valence-electron chi connectivity index (χ1n) is 6.60. The van der Waals surface area contributed by atoms with Crippen molar-refractivity contribution in [2.24, 2.45) is 0 Å². The van der Waals surface area contributed by atoms with E-state index in [-0.39, 0.29) is 6.10 Å². The molecule has 0 radical (unpaired) electrons. The zero-order valence-corrected chi connectivity index (χ0v) is 11.0. The Hall–Kier alpha value is -1.81. The molecule has 0 aliphatic carbocycles. The van der Waals surface area contributed by atoms with E-state index in [1.165, 1.54) is 5.56 Å². The molecule has 0 saturated heterocycles. The smallest absolute Gasteiger partial charge is 0.118 e. The second-order valence-corrected chi connectivity index (χ2v) is 5.01. The van der Waals surface area contributed by atoms with Crippen molar-refractivity contribution in [1.82, 2.24) is 9.55 Å². The molecule has 4 heteroatoms. The largest absolute Gasteiger partial charge is 0.497 e. The van der Waals surface area contributed by atoms with Gasteiger partial charge in [-0.3, -0.25) is 0 Å². The van der Waals surface area contributed by atoms with Crippen LogP contribution in [-0.4, -0.2) is 27.9 Å². The number of imidazole rings is 1. The van der Waals surface area contributed by atoms with Gasteiger partial charge in [0, 0.05) is 25.6 Å². The number of benzene rings is 1. The number of hydrogen-bond acceptors (Lipinski definition) is 3. The number of ether oxygens (including phenoxy) is 1. The molecule has 4 nitrogen and oxygen atoms in total. The van der Waals surface area contributed by atoms with Crippen molar-refractivity contribution >= 4 is 0 Å². The molecule has 0 fully saturated rings. The molecular formula is C15H18N2O2. The molecule has 1 aromatic carbocycles. The second-order valence-electron chi connectivity index (χ2n) is 5.01. The van der Waals surface area contributed by atoms with Crippen molar-refractivity contribution in [3.63, 3.8) is 0 Å². The standard InChI is InChI=1S/C15H18N2O2/c1-19-14-4-2-11(3-5-14)8-12-10-17-7-6-13(18)9-15(17)16-12/h2-5,10,13,18H,6-9H2,1H3. The summed E-state index contributed by atoms with van der Waals surface area (Å²) in [5, 5.41) is 9.65. The van der Waals surface area contributed by atoms with E-state index in [2.05, 4.69) is 27.9 Å². The van der Waals surface area contributed by atoms with Gasteiger partial charge in [0.2, 0.25) is 0 Å². The highest BCUT2D eigenvalue weighted by atomic mass is 16.5. The molecule has 3 rings (SSSR count). The van der Waals surface area contributed by atoms with Gasteiger partial charge in [-0.2, -0.15) is 0 Å². The van der Waals surface area contributed by atoms with E-state index in [9.17, 15) is 5.11 Å². The predicted octanol–water partition coefficient (Wildman–Crippen LogP) is 1.79. The van der Waals surface area contributed by atoms with Gasteiger partial charge in [0.15, 0.2) is 0 Å². The van der Waals surface area contributed by atoms with Crippen LogP contribution in [0.1, 0.15) is 23.5 Å². The number of methoxy groups -OCH3 is 1. The van der Waals surface area contributed by atoms with Crippen LogP contribution in [0, 0.1) is 0 Å². The number of aliphatic hydroxyl groups is 1. The molecule has 100 valence electrons. The minimum absolute atomic E-state index is 0.233. The summed E-state index contributed by atoms with van der Waals surface area (Å²) in [6, 6.07) is 8.06. The van der Waals surface area contributed by atoms with Crippen LogP contribution in [-0.2, 0) is 19.4 Å². The summed E-state index contributed by atoms with van der Waals surface area (Å²) in [6.45, 7) is 0.867. The van der Waals surface area contributed by atoms with Gasteiger partial charge >= 0.3 is 0 Å². The summed E-state index contributed by atoms with van der Waals surface area (Å²) in [5.41, 5.74) is 2.28. The number of aromatic nitrogens is 2. The monoisotopic (exact) mass is 258 g/mol. The molecule has 2 aromatic rings. The van der Waals surface area contributed by atoms with Crippen LogP contribution in [0.5, 0.6) is 5.75 Å². The lowest BCUT2D eigenvalue weighted by Crippen LogP contribution is -2.22. The Morgan fingerprint density at radius 1 is 1.37 bits per heavy atom. The lowest BCUT2D eigenvalue weighted by atomic mass is 10.1. The molecule has 19 heavy (non-hydrogen) atoms. The number of rotatable bonds is 3. The van der Waals surface area contributed by atoms with Crippen molar-refractivity contribution in [2.45, 2.75) is 31.9 Å². The lowest BCUT2D eigenvalue weighted by molar-refractivity contribution is 0.141. The van der Waals surface area contributed by atoms with Crippen LogP contribution in [0.15, 0.2) is 30.5 Å². The molecule has 0 bridgehead atoms. The minimum atomic E-state index is -0.233. The Kier molecular flexibility index (Phi) is 3.25. The van der Waals surface area contributed by atoms with E-state index in [1.807, 2.05) is 12.1 Å². The second kappa shape index (κ2) is 5.05. The van der Waals surface area contributed by atoms with Crippen LogP contribution in [0.4, 0.5) is 0 Å². The van der Waals surface area contributed by atoms with Gasteiger partial charge in [0.25, 0.3) is 0 Å². The summed E-state index contributed by atoms with van der Waals surface area (Å²) < 4.78 is 7.31. The molecule has 0 saturated carbocycles. The first-order valence-corrected chi connectivity index (χ1v) is 6.60. The van der Waals surface area contributed by atoms with E-state index in [1.54, 1.807) is 7.11 Å². The van der Waals surface area contributed by atoms with Crippen molar-refractivity contribution in [2.75, 3.05) is 7.11 Å². The third-order valence-electron chi connectivity index (χ3n) is 3.57. The Morgan fingerprint density at radius 3 is 2.89 bits per heavy atom. The van der Waals surface area contributed by atoms with Gasteiger partial charge in [0.1, 0.15) is 11.6 Å². The topological polar surface area (TPSA) is 47.3 Å². The van der Waals surface area contributed by atoms with Crippen molar-refractivity contribution < 1.29 is 9.84 Å². The summed E-state index contributed by atoms with van der Waals surface area (Å²) in [5.74, 6) is 1.87. The Bertz CT molecular complexity index is 560. The summed E-state index contributed by atoms with van der Waals surface area (Å²) in [7, 11) is 1.67. The Balaban J connectivity index is 1.76. The van der Waals surface area contributed by atoms with Crippen LogP contribution in [0.2, 0.25) is 0 Å². The zero-order chi connectivity index (χ0) is 13.2. The van der Waals surface area contributed by atoms with E-state index in [0.717, 1.165) is 36.7 Å². The quantitative estimate of drug-likeness (QED) is 0.913. The normalized spacial score (nSPS) is 18.1. The van der Waals surface area contributed by atoms with Gasteiger partial charge in [-0.1, -0.05) is 12.1 Å². The predicted molar refractivity (Wildman–Crippen MR) is 72.4 cm³/mol. The first kappa shape index (κ1) is 12.2. The third-order valence-corrected chi connectivity index (χ3v) is 3.57. The highest BCUT2D eigenvalue weighted by molar-refractivity contribution is 5.29. The summed E-state index contributed by atoms with van der Waals surface area (Å²) in [4.78, 5) is 4.61. The van der Waals surface area contributed by atoms with Crippen LogP contribution >= 0.6 is 0 Å². The number of aliphatic hydroxyl groups excluding tert-OH is 1. The molecular weight excluding hydrogens is 240 g/mol. The molecule has 1 N–H and O–H groups in total. The highest BCUT2D eigenvalue weighted by Gasteiger charge is 2.18. The maximum absolute atomic E-state index is 9.65. The van der Waals surface area contributed by atoms with E-state index in [4.69, 9.17) is 4.74 Å². The maximum atomic E-state index is 9.65. The molecule has 1 atom stereocenters. The van der Waals surface area contributed by atoms with E-state index in [0.29, 0.717) is 6.42 Å². The van der Waals surface area contributed by atoms with Gasteiger partial charge in [-0.05, 0) is 24.1 Å². The molecule has 1 aliphatic rings. The van der Waals surface area contributed by atoms with Gasteiger partial charge < -0.3 is 14.4 Å².